The van der Waals surface area contributed by atoms with Crippen molar-refractivity contribution in [3.8, 4) is 0 Å². The quantitative estimate of drug-likeness (QED) is 0.925. The van der Waals surface area contributed by atoms with Crippen molar-refractivity contribution < 1.29 is 18.7 Å². The maximum absolute atomic E-state index is 13.7. The molecule has 0 amide bonds. The van der Waals surface area contributed by atoms with Crippen LogP contribution in [0.2, 0.25) is 0 Å². The molecule has 1 aromatic heterocycles. The van der Waals surface area contributed by atoms with E-state index in [-0.39, 0.29) is 12.1 Å². The Labute approximate surface area is 122 Å². The predicted molar refractivity (Wildman–Crippen MR) is 72.4 cm³/mol. The molecule has 0 radical (unpaired) electrons. The highest BCUT2D eigenvalue weighted by Gasteiger charge is 2.25. The van der Waals surface area contributed by atoms with Crippen molar-refractivity contribution >= 4 is 21.9 Å². The summed E-state index contributed by atoms with van der Waals surface area (Å²) in [5, 5.41) is 9.24. The number of benzene rings is 1. The minimum atomic E-state index is -1.21. The van der Waals surface area contributed by atoms with Crippen molar-refractivity contribution in [3.63, 3.8) is 0 Å². The molecule has 0 aliphatic heterocycles. The highest BCUT2D eigenvalue weighted by Crippen LogP contribution is 2.24. The predicted octanol–water partition coefficient (Wildman–Crippen LogP) is 3.53. The zero-order valence-electron chi connectivity index (χ0n) is 10.2. The molecule has 2 aromatic rings. The summed E-state index contributed by atoms with van der Waals surface area (Å²) in [7, 11) is 0. The summed E-state index contributed by atoms with van der Waals surface area (Å²) in [4.78, 5) is 14.9. The summed E-state index contributed by atoms with van der Waals surface area (Å²) in [5.74, 6) is -4.15. The van der Waals surface area contributed by atoms with Crippen molar-refractivity contribution in [3.05, 3.63) is 63.9 Å². The molecule has 0 spiro atoms. The molecule has 1 atom stereocenters. The van der Waals surface area contributed by atoms with Crippen LogP contribution in [0.25, 0.3) is 0 Å². The average molecular weight is 342 g/mol. The monoisotopic (exact) mass is 341 g/mol. The van der Waals surface area contributed by atoms with Gasteiger partial charge in [-0.25, -0.2) is 8.78 Å². The second-order valence-electron chi connectivity index (χ2n) is 4.25. The molecular weight excluding hydrogens is 332 g/mol. The standard InChI is InChI=1S/C14H10BrF2NO2/c15-9-3-1-2-8(4-9)5-11(14(19)20)13-12(17)6-10(16)7-18-13/h1-4,6-7,11H,5H2,(H,19,20). The number of carbonyl (C=O) groups is 1. The number of hydrogen-bond acceptors (Lipinski definition) is 2. The lowest BCUT2D eigenvalue weighted by Gasteiger charge is -2.13. The SMILES string of the molecule is O=C(O)C(Cc1cccc(Br)c1)c1ncc(F)cc1F. The number of rotatable bonds is 4. The molecule has 0 saturated carbocycles. The Hall–Kier alpha value is -1.82. The molecule has 1 unspecified atom stereocenters. The number of carboxylic acid groups (broad SMARTS) is 1. The van der Waals surface area contributed by atoms with Gasteiger partial charge in [-0.2, -0.15) is 0 Å². The molecule has 104 valence electrons. The summed E-state index contributed by atoms with van der Waals surface area (Å²) in [6.07, 6.45) is 0.888. The fourth-order valence-electron chi connectivity index (χ4n) is 1.88. The second-order valence-corrected chi connectivity index (χ2v) is 5.16. The third kappa shape index (κ3) is 3.39. The van der Waals surface area contributed by atoms with Crippen LogP contribution in [0.1, 0.15) is 17.2 Å². The molecule has 0 bridgehead atoms. The van der Waals surface area contributed by atoms with Crippen molar-refractivity contribution in [1.82, 2.24) is 4.98 Å². The summed E-state index contributed by atoms with van der Waals surface area (Å²) in [6, 6.07) is 7.68. The van der Waals surface area contributed by atoms with Crippen LogP contribution in [0.3, 0.4) is 0 Å². The summed E-state index contributed by atoms with van der Waals surface area (Å²) in [6.45, 7) is 0. The van der Waals surface area contributed by atoms with Gasteiger partial charge in [0.2, 0.25) is 0 Å². The van der Waals surface area contributed by atoms with Crippen molar-refractivity contribution in [2.45, 2.75) is 12.3 Å². The fraction of sp³-hybridized carbons (Fsp3) is 0.143. The fourth-order valence-corrected chi connectivity index (χ4v) is 2.33. The topological polar surface area (TPSA) is 50.2 Å². The minimum Gasteiger partial charge on any atom is -0.481 e. The van der Waals surface area contributed by atoms with Crippen LogP contribution in [0.4, 0.5) is 8.78 Å². The van der Waals surface area contributed by atoms with E-state index in [9.17, 15) is 18.7 Å². The maximum atomic E-state index is 13.7. The molecule has 1 heterocycles. The molecule has 0 saturated heterocycles. The molecule has 20 heavy (non-hydrogen) atoms. The molecule has 1 aromatic carbocycles. The molecular formula is C14H10BrF2NO2. The van der Waals surface area contributed by atoms with Crippen LogP contribution in [0, 0.1) is 11.6 Å². The summed E-state index contributed by atoms with van der Waals surface area (Å²) >= 11 is 3.28. The van der Waals surface area contributed by atoms with Crippen molar-refractivity contribution in [1.29, 1.82) is 0 Å². The third-order valence-corrected chi connectivity index (χ3v) is 3.29. The van der Waals surface area contributed by atoms with E-state index in [0.29, 0.717) is 6.07 Å². The molecule has 6 heteroatoms. The van der Waals surface area contributed by atoms with Crippen LogP contribution < -0.4 is 0 Å². The van der Waals surface area contributed by atoms with Gasteiger partial charge in [-0.1, -0.05) is 28.1 Å². The first-order valence-corrected chi connectivity index (χ1v) is 6.55. The van der Waals surface area contributed by atoms with Crippen LogP contribution in [0.15, 0.2) is 41.0 Å². The lowest BCUT2D eigenvalue weighted by atomic mass is 9.95. The maximum Gasteiger partial charge on any atom is 0.313 e. The Balaban J connectivity index is 2.34. The molecule has 2 rings (SSSR count). The number of aliphatic carboxylic acids is 1. The largest absolute Gasteiger partial charge is 0.481 e. The zero-order valence-corrected chi connectivity index (χ0v) is 11.8. The molecule has 3 nitrogen and oxygen atoms in total. The Bertz CT molecular complexity index is 649. The number of hydrogen-bond donors (Lipinski definition) is 1. The smallest absolute Gasteiger partial charge is 0.313 e. The van der Waals surface area contributed by atoms with E-state index in [1.165, 1.54) is 0 Å². The van der Waals surface area contributed by atoms with E-state index < -0.39 is 23.5 Å². The van der Waals surface area contributed by atoms with Gasteiger partial charge in [-0.05, 0) is 24.1 Å². The van der Waals surface area contributed by atoms with E-state index >= 15 is 0 Å². The second kappa shape index (κ2) is 6.09. The third-order valence-electron chi connectivity index (χ3n) is 2.79. The van der Waals surface area contributed by atoms with Crippen LogP contribution in [-0.2, 0) is 11.2 Å². The van der Waals surface area contributed by atoms with Crippen molar-refractivity contribution in [2.24, 2.45) is 0 Å². The zero-order chi connectivity index (χ0) is 14.7. The highest BCUT2D eigenvalue weighted by molar-refractivity contribution is 9.10. The van der Waals surface area contributed by atoms with Gasteiger partial charge in [0.1, 0.15) is 17.6 Å². The Morgan fingerprint density at radius 1 is 1.35 bits per heavy atom. The minimum absolute atomic E-state index is 0.0737. The van der Waals surface area contributed by atoms with E-state index in [0.717, 1.165) is 16.2 Å². The number of carboxylic acids is 1. The first-order valence-electron chi connectivity index (χ1n) is 5.75. The number of halogens is 3. The van der Waals surface area contributed by atoms with Gasteiger partial charge in [0.25, 0.3) is 0 Å². The molecule has 0 aliphatic carbocycles. The van der Waals surface area contributed by atoms with Crippen LogP contribution in [0.5, 0.6) is 0 Å². The van der Waals surface area contributed by atoms with Crippen molar-refractivity contribution in [2.75, 3.05) is 0 Å². The number of aromatic nitrogens is 1. The van der Waals surface area contributed by atoms with Gasteiger partial charge in [0.15, 0.2) is 0 Å². The Morgan fingerprint density at radius 3 is 2.70 bits per heavy atom. The average Bonchev–Trinajstić information content (AvgIpc) is 2.36. The highest BCUT2D eigenvalue weighted by atomic mass is 79.9. The number of pyridine rings is 1. The van der Waals surface area contributed by atoms with Gasteiger partial charge in [0, 0.05) is 10.5 Å². The molecule has 0 fully saturated rings. The van der Waals surface area contributed by atoms with Gasteiger partial charge < -0.3 is 5.11 Å². The molecule has 1 N–H and O–H groups in total. The van der Waals surface area contributed by atoms with Gasteiger partial charge in [-0.15, -0.1) is 0 Å². The number of nitrogens with zero attached hydrogens (tertiary/aromatic N) is 1. The van der Waals surface area contributed by atoms with Crippen LogP contribution in [-0.4, -0.2) is 16.1 Å². The first-order chi connectivity index (χ1) is 9.47. The van der Waals surface area contributed by atoms with E-state index in [1.54, 1.807) is 24.3 Å². The van der Waals surface area contributed by atoms with Gasteiger partial charge >= 0.3 is 5.97 Å². The lowest BCUT2D eigenvalue weighted by molar-refractivity contribution is -0.138. The Kier molecular flexibility index (Phi) is 4.44. The Morgan fingerprint density at radius 2 is 2.10 bits per heavy atom. The normalized spacial score (nSPS) is 12.2. The van der Waals surface area contributed by atoms with E-state index in [2.05, 4.69) is 20.9 Å². The van der Waals surface area contributed by atoms with E-state index in [1.807, 2.05) is 0 Å². The summed E-state index contributed by atoms with van der Waals surface area (Å²) in [5.41, 5.74) is 0.455. The lowest BCUT2D eigenvalue weighted by Crippen LogP contribution is -2.17. The van der Waals surface area contributed by atoms with E-state index in [4.69, 9.17) is 0 Å². The van der Waals surface area contributed by atoms with Crippen LogP contribution >= 0.6 is 15.9 Å². The van der Waals surface area contributed by atoms with Gasteiger partial charge in [0.05, 0.1) is 11.9 Å². The van der Waals surface area contributed by atoms with Gasteiger partial charge in [-0.3, -0.25) is 9.78 Å². The first kappa shape index (κ1) is 14.6. The molecule has 0 aliphatic rings. The summed E-state index contributed by atoms with van der Waals surface area (Å²) < 4.78 is 27.3.